The molecule has 3 aromatic rings. The lowest BCUT2D eigenvalue weighted by molar-refractivity contribution is 0.139. The summed E-state index contributed by atoms with van der Waals surface area (Å²) < 4.78 is 12.9. The summed E-state index contributed by atoms with van der Waals surface area (Å²) in [6, 6.07) is 7.64. The van der Waals surface area contributed by atoms with Gasteiger partial charge in [0.2, 0.25) is 0 Å². The molecule has 0 amide bonds. The normalized spacial score (nSPS) is 15.8. The molecule has 0 bridgehead atoms. The van der Waals surface area contributed by atoms with E-state index in [2.05, 4.69) is 0 Å². The van der Waals surface area contributed by atoms with E-state index in [-0.39, 0.29) is 5.56 Å². The highest BCUT2D eigenvalue weighted by molar-refractivity contribution is 7.99. The molecule has 152 valence electrons. The molecule has 29 heavy (non-hydrogen) atoms. The molecule has 2 heterocycles. The molecule has 1 fully saturated rings. The van der Waals surface area contributed by atoms with Crippen LogP contribution in [0.25, 0.3) is 15.9 Å². The van der Waals surface area contributed by atoms with E-state index < -0.39 is 0 Å². The Kier molecular flexibility index (Phi) is 5.37. The lowest BCUT2D eigenvalue weighted by Crippen LogP contribution is -2.22. The van der Waals surface area contributed by atoms with E-state index in [0.29, 0.717) is 6.61 Å². The van der Waals surface area contributed by atoms with E-state index in [9.17, 15) is 4.79 Å². The van der Waals surface area contributed by atoms with Crippen molar-refractivity contribution in [2.45, 2.75) is 37.3 Å². The van der Waals surface area contributed by atoms with Gasteiger partial charge in [-0.25, -0.2) is 4.98 Å². The molecular weight excluding hydrogens is 404 g/mol. The molecule has 1 saturated carbocycles. The fourth-order valence-electron chi connectivity index (χ4n) is 3.83. The maximum absolute atomic E-state index is 13.6. The summed E-state index contributed by atoms with van der Waals surface area (Å²) in [4.78, 5) is 20.7. The van der Waals surface area contributed by atoms with Gasteiger partial charge in [-0.3, -0.25) is 9.36 Å². The average molecular weight is 429 g/mol. The molecule has 1 aromatic carbocycles. The number of methoxy groups -OCH3 is 1. The Bertz CT molecular complexity index is 1100. The van der Waals surface area contributed by atoms with Gasteiger partial charge in [0.05, 0.1) is 24.8 Å². The molecule has 0 spiro atoms. The van der Waals surface area contributed by atoms with Gasteiger partial charge in [0.1, 0.15) is 10.6 Å². The lowest BCUT2D eigenvalue weighted by atomic mass is 10.2. The first-order chi connectivity index (χ1) is 14.2. The SMILES string of the molecule is COc1cccc(-n2c(SCCOCC3CC3)nc3sc4c(c3c2=O)CCC4)c1. The molecule has 2 aliphatic carbocycles. The Labute approximate surface area is 178 Å². The monoisotopic (exact) mass is 428 g/mol. The summed E-state index contributed by atoms with van der Waals surface area (Å²) in [7, 11) is 1.64. The molecule has 0 atom stereocenters. The van der Waals surface area contributed by atoms with Crippen molar-refractivity contribution in [1.29, 1.82) is 0 Å². The number of fused-ring (bicyclic) bond motifs is 3. The summed E-state index contributed by atoms with van der Waals surface area (Å²) in [5.74, 6) is 2.27. The quantitative estimate of drug-likeness (QED) is 0.301. The van der Waals surface area contributed by atoms with Gasteiger partial charge >= 0.3 is 0 Å². The maximum atomic E-state index is 13.6. The number of rotatable bonds is 8. The van der Waals surface area contributed by atoms with Crippen molar-refractivity contribution in [3.63, 3.8) is 0 Å². The van der Waals surface area contributed by atoms with Crippen molar-refractivity contribution < 1.29 is 9.47 Å². The van der Waals surface area contributed by atoms with E-state index in [4.69, 9.17) is 14.5 Å². The third-order valence-corrected chi connectivity index (χ3v) is 7.62. The molecule has 2 aliphatic rings. The van der Waals surface area contributed by atoms with Crippen LogP contribution in [0.4, 0.5) is 0 Å². The Morgan fingerprint density at radius 3 is 3.03 bits per heavy atom. The molecule has 0 radical (unpaired) electrons. The standard InChI is InChI=1S/C22H24N2O3S2/c1-26-16-5-2-4-15(12-16)24-21(25)19-17-6-3-7-18(17)29-20(19)23-22(24)28-11-10-27-13-14-8-9-14/h2,4-5,12,14H,3,6-11,13H2,1H3. The van der Waals surface area contributed by atoms with Crippen LogP contribution in [0.3, 0.4) is 0 Å². The van der Waals surface area contributed by atoms with Crippen LogP contribution in [0.5, 0.6) is 5.75 Å². The van der Waals surface area contributed by atoms with Crippen molar-refractivity contribution >= 4 is 33.3 Å². The van der Waals surface area contributed by atoms with Crippen molar-refractivity contribution in [2.24, 2.45) is 5.92 Å². The van der Waals surface area contributed by atoms with Crippen LogP contribution in [0.15, 0.2) is 34.2 Å². The predicted octanol–water partition coefficient (Wildman–Crippen LogP) is 4.46. The van der Waals surface area contributed by atoms with Gasteiger partial charge in [-0.1, -0.05) is 17.8 Å². The van der Waals surface area contributed by atoms with Crippen LogP contribution in [-0.4, -0.2) is 35.6 Å². The minimum absolute atomic E-state index is 0.0315. The number of thiophene rings is 1. The number of thioether (sulfide) groups is 1. The fraction of sp³-hybridized carbons (Fsp3) is 0.455. The molecule has 0 saturated heterocycles. The van der Waals surface area contributed by atoms with Crippen molar-refractivity contribution in [2.75, 3.05) is 26.1 Å². The second kappa shape index (κ2) is 8.13. The smallest absolute Gasteiger partial charge is 0.267 e. The number of benzene rings is 1. The molecule has 2 aromatic heterocycles. The summed E-state index contributed by atoms with van der Waals surface area (Å²) in [6.07, 6.45) is 5.76. The first-order valence-electron chi connectivity index (χ1n) is 10.2. The highest BCUT2D eigenvalue weighted by atomic mass is 32.2. The number of hydrogen-bond acceptors (Lipinski definition) is 6. The molecule has 5 rings (SSSR count). The third-order valence-electron chi connectivity index (χ3n) is 5.53. The second-order valence-electron chi connectivity index (χ2n) is 7.64. The Balaban J connectivity index is 1.53. The highest BCUT2D eigenvalue weighted by Crippen LogP contribution is 2.36. The maximum Gasteiger partial charge on any atom is 0.267 e. The van der Waals surface area contributed by atoms with Crippen molar-refractivity contribution in [3.8, 4) is 11.4 Å². The first kappa shape index (κ1) is 19.2. The summed E-state index contributed by atoms with van der Waals surface area (Å²) in [5, 5.41) is 1.53. The topological polar surface area (TPSA) is 53.4 Å². The number of aryl methyl sites for hydroxylation is 2. The number of hydrogen-bond donors (Lipinski definition) is 0. The van der Waals surface area contributed by atoms with Gasteiger partial charge in [-0.2, -0.15) is 0 Å². The number of aromatic nitrogens is 2. The third kappa shape index (κ3) is 3.83. The van der Waals surface area contributed by atoms with Gasteiger partial charge in [0.25, 0.3) is 5.56 Å². The predicted molar refractivity (Wildman–Crippen MR) is 118 cm³/mol. The minimum Gasteiger partial charge on any atom is -0.497 e. The van der Waals surface area contributed by atoms with E-state index in [0.717, 1.165) is 64.4 Å². The highest BCUT2D eigenvalue weighted by Gasteiger charge is 2.24. The average Bonchev–Trinajstić information content (AvgIpc) is 3.33. The van der Waals surface area contributed by atoms with E-state index in [1.165, 1.54) is 23.3 Å². The summed E-state index contributed by atoms with van der Waals surface area (Å²) >= 11 is 3.28. The summed E-state index contributed by atoms with van der Waals surface area (Å²) in [5.41, 5.74) is 2.04. The minimum atomic E-state index is 0.0315. The lowest BCUT2D eigenvalue weighted by Gasteiger charge is -2.13. The van der Waals surface area contributed by atoms with Crippen LogP contribution in [0.2, 0.25) is 0 Å². The first-order valence-corrected chi connectivity index (χ1v) is 12.0. The van der Waals surface area contributed by atoms with Gasteiger partial charge in [0, 0.05) is 23.3 Å². The zero-order chi connectivity index (χ0) is 19.8. The molecule has 5 nitrogen and oxygen atoms in total. The van der Waals surface area contributed by atoms with Gasteiger partial charge in [0.15, 0.2) is 5.16 Å². The van der Waals surface area contributed by atoms with Crippen molar-refractivity contribution in [3.05, 3.63) is 45.1 Å². The Hall–Kier alpha value is -1.83. The van der Waals surface area contributed by atoms with Crippen LogP contribution in [0, 0.1) is 5.92 Å². The van der Waals surface area contributed by atoms with Crippen molar-refractivity contribution in [1.82, 2.24) is 9.55 Å². The fourth-order valence-corrected chi connectivity index (χ4v) is 5.99. The van der Waals surface area contributed by atoms with Gasteiger partial charge < -0.3 is 9.47 Å². The Morgan fingerprint density at radius 1 is 1.31 bits per heavy atom. The van der Waals surface area contributed by atoms with Crippen LogP contribution in [-0.2, 0) is 17.6 Å². The summed E-state index contributed by atoms with van der Waals surface area (Å²) in [6.45, 7) is 1.53. The molecule has 0 aliphatic heterocycles. The van der Waals surface area contributed by atoms with E-state index in [1.807, 2.05) is 24.3 Å². The van der Waals surface area contributed by atoms with Crippen LogP contribution in [0.1, 0.15) is 29.7 Å². The van der Waals surface area contributed by atoms with Gasteiger partial charge in [-0.15, -0.1) is 11.3 Å². The molecule has 7 heteroatoms. The molecule has 0 N–H and O–H groups in total. The second-order valence-corrected chi connectivity index (χ2v) is 9.79. The van der Waals surface area contributed by atoms with Gasteiger partial charge in [-0.05, 0) is 55.7 Å². The van der Waals surface area contributed by atoms with E-state index in [1.54, 1.807) is 34.8 Å². The van der Waals surface area contributed by atoms with Crippen LogP contribution < -0.4 is 10.3 Å². The zero-order valence-electron chi connectivity index (χ0n) is 16.5. The largest absolute Gasteiger partial charge is 0.497 e. The molecule has 0 unspecified atom stereocenters. The number of ether oxygens (including phenoxy) is 2. The zero-order valence-corrected chi connectivity index (χ0v) is 18.1. The number of nitrogens with zero attached hydrogens (tertiary/aromatic N) is 2. The molecular formula is C22H24N2O3S2. The van der Waals surface area contributed by atoms with E-state index >= 15 is 0 Å². The van der Waals surface area contributed by atoms with Crippen LogP contribution >= 0.6 is 23.1 Å². The Morgan fingerprint density at radius 2 is 2.21 bits per heavy atom.